The third-order valence-corrected chi connectivity index (χ3v) is 4.94. The van der Waals surface area contributed by atoms with E-state index in [1.54, 1.807) is 26.0 Å². The molecule has 1 heterocycles. The van der Waals surface area contributed by atoms with Gasteiger partial charge in [0.25, 0.3) is 0 Å². The number of methoxy groups -OCH3 is 2. The molecule has 0 radical (unpaired) electrons. The summed E-state index contributed by atoms with van der Waals surface area (Å²) in [5.41, 5.74) is 0.933. The van der Waals surface area contributed by atoms with Crippen LogP contribution in [0.4, 0.5) is 0 Å². The number of amides is 1. The molecular weight excluding hydrogens is 314 g/mol. The minimum absolute atomic E-state index is 0.0697. The first kappa shape index (κ1) is 17.9. The van der Waals surface area contributed by atoms with Gasteiger partial charge < -0.3 is 19.1 Å². The highest BCUT2D eigenvalue weighted by Gasteiger charge is 2.36. The van der Waals surface area contributed by atoms with Crippen LogP contribution >= 0.6 is 11.8 Å². The molecule has 1 aromatic rings. The van der Waals surface area contributed by atoms with Crippen molar-refractivity contribution in [2.75, 3.05) is 39.7 Å². The molecule has 0 spiro atoms. The molecular formula is C17H25NO4S. The smallest absolute Gasteiger partial charge is 0.233 e. The Kier molecular flexibility index (Phi) is 7.05. The molecule has 0 aliphatic carbocycles. The van der Waals surface area contributed by atoms with Crippen molar-refractivity contribution in [1.82, 2.24) is 4.90 Å². The highest BCUT2D eigenvalue weighted by atomic mass is 32.2. The second-order valence-corrected chi connectivity index (χ2v) is 6.36. The lowest BCUT2D eigenvalue weighted by Gasteiger charge is -2.26. The van der Waals surface area contributed by atoms with Crippen LogP contribution in [0.1, 0.15) is 30.7 Å². The summed E-state index contributed by atoms with van der Waals surface area (Å²) in [6.45, 7) is 4.22. The van der Waals surface area contributed by atoms with Gasteiger partial charge in [-0.2, -0.15) is 0 Å². The summed E-state index contributed by atoms with van der Waals surface area (Å²) < 4.78 is 16.5. The second kappa shape index (κ2) is 9.03. The molecule has 1 aliphatic heterocycles. The van der Waals surface area contributed by atoms with Gasteiger partial charge in [-0.15, -0.1) is 11.8 Å². The van der Waals surface area contributed by atoms with Gasteiger partial charge >= 0.3 is 0 Å². The first-order valence-corrected chi connectivity index (χ1v) is 8.97. The number of benzene rings is 1. The maximum Gasteiger partial charge on any atom is 0.233 e. The Balaban J connectivity index is 2.12. The Morgan fingerprint density at radius 3 is 2.52 bits per heavy atom. The van der Waals surface area contributed by atoms with Gasteiger partial charge in [-0.1, -0.05) is 13.0 Å². The van der Waals surface area contributed by atoms with Crippen molar-refractivity contribution in [3.05, 3.63) is 23.8 Å². The standard InChI is InChI=1S/C17H25NO4S/c1-4-10-22-11-6-9-18-15(19)12-23-17(18)16-13(20-2)7-5-8-14(16)21-3/h5,7-8,17H,4,6,9-12H2,1-3H3. The summed E-state index contributed by atoms with van der Waals surface area (Å²) in [7, 11) is 3.28. The lowest BCUT2D eigenvalue weighted by atomic mass is 10.1. The SMILES string of the molecule is CCCOCCCN1C(=O)CSC1c1c(OC)cccc1OC. The van der Waals surface area contributed by atoms with E-state index in [0.29, 0.717) is 18.9 Å². The van der Waals surface area contributed by atoms with Gasteiger partial charge in [-0.05, 0) is 25.0 Å². The molecule has 1 amide bonds. The number of hydrogen-bond acceptors (Lipinski definition) is 5. The van der Waals surface area contributed by atoms with Gasteiger partial charge in [-0.25, -0.2) is 0 Å². The number of hydrogen-bond donors (Lipinski definition) is 0. The van der Waals surface area contributed by atoms with E-state index in [4.69, 9.17) is 14.2 Å². The predicted octanol–water partition coefficient (Wildman–Crippen LogP) is 3.09. The number of thioether (sulfide) groups is 1. The van der Waals surface area contributed by atoms with E-state index in [1.165, 1.54) is 0 Å². The Hall–Kier alpha value is -1.40. The summed E-state index contributed by atoms with van der Waals surface area (Å²) in [5.74, 6) is 2.15. The second-order valence-electron chi connectivity index (χ2n) is 5.29. The third-order valence-electron chi connectivity index (χ3n) is 3.72. The zero-order valence-corrected chi connectivity index (χ0v) is 14.9. The van der Waals surface area contributed by atoms with E-state index < -0.39 is 0 Å². The van der Waals surface area contributed by atoms with Gasteiger partial charge in [0.1, 0.15) is 16.9 Å². The topological polar surface area (TPSA) is 48.0 Å². The van der Waals surface area contributed by atoms with E-state index in [9.17, 15) is 4.79 Å². The van der Waals surface area contributed by atoms with Crippen molar-refractivity contribution >= 4 is 17.7 Å². The summed E-state index contributed by atoms with van der Waals surface area (Å²) in [5, 5.41) is -0.0697. The molecule has 1 saturated heterocycles. The zero-order valence-electron chi connectivity index (χ0n) is 14.0. The average Bonchev–Trinajstić information content (AvgIpc) is 2.94. The van der Waals surface area contributed by atoms with E-state index >= 15 is 0 Å². The summed E-state index contributed by atoms with van der Waals surface area (Å²) in [6, 6.07) is 5.71. The monoisotopic (exact) mass is 339 g/mol. The summed E-state index contributed by atoms with van der Waals surface area (Å²) >= 11 is 1.61. The molecule has 1 unspecified atom stereocenters. The quantitative estimate of drug-likeness (QED) is 0.647. The number of carbonyl (C=O) groups excluding carboxylic acids is 1. The van der Waals surface area contributed by atoms with E-state index in [1.807, 2.05) is 23.1 Å². The molecule has 0 N–H and O–H groups in total. The van der Waals surface area contributed by atoms with Crippen molar-refractivity contribution in [1.29, 1.82) is 0 Å². The molecule has 5 nitrogen and oxygen atoms in total. The number of carbonyl (C=O) groups is 1. The molecule has 1 aliphatic rings. The van der Waals surface area contributed by atoms with Crippen LogP contribution in [0.15, 0.2) is 18.2 Å². The van der Waals surface area contributed by atoms with Crippen LogP contribution < -0.4 is 9.47 Å². The predicted molar refractivity (Wildman–Crippen MR) is 92.2 cm³/mol. The molecule has 0 bridgehead atoms. The van der Waals surface area contributed by atoms with E-state index in [2.05, 4.69) is 6.92 Å². The molecule has 128 valence electrons. The number of nitrogens with zero attached hydrogens (tertiary/aromatic N) is 1. The van der Waals surface area contributed by atoms with Crippen molar-refractivity contribution in [3.8, 4) is 11.5 Å². The van der Waals surface area contributed by atoms with Crippen LogP contribution in [0, 0.1) is 0 Å². The van der Waals surface area contributed by atoms with Gasteiger partial charge in [-0.3, -0.25) is 4.79 Å². The number of rotatable bonds is 9. The molecule has 1 fully saturated rings. The van der Waals surface area contributed by atoms with Crippen LogP contribution in [0.5, 0.6) is 11.5 Å². The largest absolute Gasteiger partial charge is 0.496 e. The molecule has 1 aromatic carbocycles. The Morgan fingerprint density at radius 1 is 1.22 bits per heavy atom. The lowest BCUT2D eigenvalue weighted by Crippen LogP contribution is -2.30. The molecule has 0 saturated carbocycles. The average molecular weight is 339 g/mol. The van der Waals surface area contributed by atoms with Gasteiger partial charge in [0, 0.05) is 19.8 Å². The van der Waals surface area contributed by atoms with Gasteiger partial charge in [0.2, 0.25) is 5.91 Å². The van der Waals surface area contributed by atoms with Gasteiger partial charge in [0.05, 0.1) is 25.5 Å². The number of ether oxygens (including phenoxy) is 3. The summed E-state index contributed by atoms with van der Waals surface area (Å²) in [4.78, 5) is 14.2. The Labute approximate surface area is 142 Å². The fourth-order valence-corrected chi connectivity index (χ4v) is 3.91. The highest BCUT2D eigenvalue weighted by molar-refractivity contribution is 8.00. The molecule has 23 heavy (non-hydrogen) atoms. The lowest BCUT2D eigenvalue weighted by molar-refractivity contribution is -0.128. The maximum atomic E-state index is 12.3. The van der Waals surface area contributed by atoms with Crippen LogP contribution in [0.3, 0.4) is 0 Å². The zero-order chi connectivity index (χ0) is 16.7. The molecule has 0 aromatic heterocycles. The molecule has 6 heteroatoms. The fraction of sp³-hybridized carbons (Fsp3) is 0.588. The van der Waals surface area contributed by atoms with Crippen LogP contribution in [0.25, 0.3) is 0 Å². The van der Waals surface area contributed by atoms with E-state index in [-0.39, 0.29) is 11.3 Å². The Bertz CT molecular complexity index is 501. The fourth-order valence-electron chi connectivity index (χ4n) is 2.64. The first-order chi connectivity index (χ1) is 11.2. The highest BCUT2D eigenvalue weighted by Crippen LogP contribution is 2.46. The maximum absolute atomic E-state index is 12.3. The van der Waals surface area contributed by atoms with E-state index in [0.717, 1.165) is 36.5 Å². The summed E-state index contributed by atoms with van der Waals surface area (Å²) in [6.07, 6.45) is 1.85. The van der Waals surface area contributed by atoms with Crippen molar-refractivity contribution < 1.29 is 19.0 Å². The minimum Gasteiger partial charge on any atom is -0.496 e. The minimum atomic E-state index is -0.0697. The van der Waals surface area contributed by atoms with Gasteiger partial charge in [0.15, 0.2) is 0 Å². The van der Waals surface area contributed by atoms with Crippen molar-refractivity contribution in [3.63, 3.8) is 0 Å². The molecule has 1 atom stereocenters. The Morgan fingerprint density at radius 2 is 1.91 bits per heavy atom. The van der Waals surface area contributed by atoms with Crippen LogP contribution in [-0.4, -0.2) is 50.5 Å². The van der Waals surface area contributed by atoms with Crippen molar-refractivity contribution in [2.24, 2.45) is 0 Å². The van der Waals surface area contributed by atoms with Crippen LogP contribution in [0.2, 0.25) is 0 Å². The third kappa shape index (κ3) is 4.32. The molecule has 2 rings (SSSR count). The first-order valence-electron chi connectivity index (χ1n) is 7.92. The normalized spacial score (nSPS) is 17.6. The van der Waals surface area contributed by atoms with Crippen molar-refractivity contribution in [2.45, 2.75) is 25.1 Å². The van der Waals surface area contributed by atoms with Crippen LogP contribution in [-0.2, 0) is 9.53 Å².